The van der Waals surface area contributed by atoms with Crippen LogP contribution in [0.1, 0.15) is 25.7 Å². The van der Waals surface area contributed by atoms with Crippen molar-refractivity contribution in [3.63, 3.8) is 0 Å². The second kappa shape index (κ2) is 13.0. The van der Waals surface area contributed by atoms with Crippen molar-refractivity contribution < 1.29 is 66.0 Å². The molecule has 0 fully saturated rings. The summed E-state index contributed by atoms with van der Waals surface area (Å²) in [6.45, 7) is 0. The van der Waals surface area contributed by atoms with E-state index in [9.17, 15) is 0 Å². The predicted molar refractivity (Wildman–Crippen MR) is 107 cm³/mol. The van der Waals surface area contributed by atoms with E-state index in [1.807, 2.05) is 13.3 Å². The fraction of sp³-hybridized carbons (Fsp3) is 0.200. The molecule has 0 radical (unpaired) electrons. The quantitative estimate of drug-likeness (QED) is 0.272. The molecule has 0 aromatic rings. The third-order valence-corrected chi connectivity index (χ3v) is 45.2. The van der Waals surface area contributed by atoms with Crippen LogP contribution in [0.15, 0.2) is 86.2 Å². The van der Waals surface area contributed by atoms with Gasteiger partial charge in [0.15, 0.2) is 0 Å². The van der Waals surface area contributed by atoms with Crippen LogP contribution in [0, 0.1) is 0 Å². The van der Waals surface area contributed by atoms with E-state index in [1.165, 1.54) is 40.5 Å². The van der Waals surface area contributed by atoms with Crippen LogP contribution in [0.2, 0.25) is 0 Å². The molecule has 4 aliphatic rings. The average molecular weight is 750 g/mol. The van der Waals surface area contributed by atoms with Crippen molar-refractivity contribution in [1.82, 2.24) is 0 Å². The van der Waals surface area contributed by atoms with E-state index in [0.29, 0.717) is 0 Å². The van der Waals surface area contributed by atoms with E-state index in [-0.39, 0.29) is 24.8 Å². The molecule has 0 nitrogen and oxygen atoms in total. The van der Waals surface area contributed by atoms with Gasteiger partial charge in [0.1, 0.15) is 0 Å². The van der Waals surface area contributed by atoms with Crippen LogP contribution in [-0.2, 0) is 41.2 Å². The van der Waals surface area contributed by atoms with Gasteiger partial charge in [0.25, 0.3) is 0 Å². The second-order valence-corrected chi connectivity index (χ2v) is 41.1. The predicted octanol–water partition coefficient (Wildman–Crippen LogP) is -2.85. The van der Waals surface area contributed by atoms with Crippen molar-refractivity contribution >= 4 is 14.9 Å². The van der Waals surface area contributed by atoms with Crippen molar-refractivity contribution in [2.75, 3.05) is 0 Å². The maximum atomic E-state index is 2.38. The Bertz CT molecular complexity index is 606. The minimum absolute atomic E-state index is 0. The number of hydrogen-bond acceptors (Lipinski definition) is 0. The molecule has 26 heavy (non-hydrogen) atoms. The van der Waals surface area contributed by atoms with Crippen LogP contribution in [-0.4, -0.2) is 14.9 Å². The Hall–Kier alpha value is 0.674. The summed E-state index contributed by atoms with van der Waals surface area (Å²) in [6.07, 6.45) is 32.8. The maximum absolute atomic E-state index is 2.38. The van der Waals surface area contributed by atoms with Crippen LogP contribution in [0.4, 0.5) is 0 Å². The van der Waals surface area contributed by atoms with E-state index in [0.717, 1.165) is 0 Å². The summed E-state index contributed by atoms with van der Waals surface area (Å²) >= 11 is -2.59. The van der Waals surface area contributed by atoms with Gasteiger partial charge >= 0.3 is 168 Å². The van der Waals surface area contributed by atoms with Crippen molar-refractivity contribution in [3.05, 3.63) is 86.2 Å². The number of allylic oxidation sites excluding steroid dienone is 16. The summed E-state index contributed by atoms with van der Waals surface area (Å²) in [5.41, 5.74) is 0. The Labute approximate surface area is 190 Å². The summed E-state index contributed by atoms with van der Waals surface area (Å²) in [5.74, 6) is 0. The second-order valence-electron chi connectivity index (χ2n) is 6.55. The molecule has 0 aromatic carbocycles. The summed E-state index contributed by atoms with van der Waals surface area (Å²) in [7, 11) is 2.94. The zero-order chi connectivity index (χ0) is 16.8. The molecule has 0 amide bonds. The third kappa shape index (κ3) is 6.93. The molecule has 0 heterocycles. The average Bonchev–Trinajstić information content (AvgIpc) is 3.43. The molecule has 136 valence electrons. The van der Waals surface area contributed by atoms with Gasteiger partial charge in [-0.2, -0.15) is 0 Å². The number of rotatable bonds is 4. The third-order valence-electron chi connectivity index (χ3n) is 5.01. The van der Waals surface area contributed by atoms with Gasteiger partial charge in [-0.1, -0.05) is 0 Å². The Morgan fingerprint density at radius 1 is 0.500 bits per heavy atom. The summed E-state index contributed by atoms with van der Waals surface area (Å²) < 4.78 is 7.34. The first-order valence-corrected chi connectivity index (χ1v) is 39.6. The van der Waals surface area contributed by atoms with Crippen LogP contribution < -0.4 is 24.8 Å². The Morgan fingerprint density at radius 2 is 0.731 bits per heavy atom. The van der Waals surface area contributed by atoms with Gasteiger partial charge in [-0.25, -0.2) is 0 Å². The monoisotopic (exact) mass is 752 g/mol. The van der Waals surface area contributed by atoms with Gasteiger partial charge in [-0.15, -0.1) is 0 Å². The minimum atomic E-state index is -1.30. The van der Waals surface area contributed by atoms with Crippen molar-refractivity contribution in [3.8, 4) is 0 Å². The topological polar surface area (TPSA) is 0 Å². The van der Waals surface area contributed by atoms with E-state index in [1.54, 1.807) is 0 Å². The first-order valence-electron chi connectivity index (χ1n) is 8.87. The molecule has 4 rings (SSSR count). The van der Waals surface area contributed by atoms with Crippen molar-refractivity contribution in [1.29, 1.82) is 0 Å². The van der Waals surface area contributed by atoms with E-state index in [2.05, 4.69) is 72.9 Å². The Kier molecular flexibility index (Phi) is 12.4. The van der Waals surface area contributed by atoms with Gasteiger partial charge in [-0.3, -0.25) is 0 Å². The van der Waals surface area contributed by atoms with Crippen LogP contribution in [0.3, 0.4) is 0 Å². The van der Waals surface area contributed by atoms with Crippen LogP contribution in [0.5, 0.6) is 0 Å². The molecule has 0 unspecified atom stereocenters. The number of halogens is 2. The molecule has 0 saturated carbocycles. The summed E-state index contributed by atoms with van der Waals surface area (Å²) in [5, 5.41) is 0. The molecular weight excluding hydrogens is 724 g/mol. The zero-order valence-corrected chi connectivity index (χ0v) is 28.2. The molecule has 0 bridgehead atoms. The molecular formula is C20H26Cl2Hf2Si2. The van der Waals surface area contributed by atoms with Gasteiger partial charge in [0.05, 0.1) is 0 Å². The SMILES string of the molecule is [Cl-].[Cl-].[SiH3][Hf+]([C]1=CC=CC1)[C]1=CC=CC1.[SiH3][Hf+]([C]1=CC=CC1)[C]1=CC=CC1. The standard InChI is InChI=1S/4C5H5.2ClH.2Hf.2H3Si/c4*1-2-4-5-3-1;;;;;;/h4*1-3H,4H2;2*1H;;;2*1H3/q;;;;;;2*+1;;/p-2. The van der Waals surface area contributed by atoms with Gasteiger partial charge < -0.3 is 24.8 Å². The zero-order valence-electron chi connectivity index (χ0n) is 15.5. The van der Waals surface area contributed by atoms with Crippen LogP contribution in [0.25, 0.3) is 0 Å². The van der Waals surface area contributed by atoms with Crippen molar-refractivity contribution in [2.24, 2.45) is 0 Å². The number of hydrogen-bond donors (Lipinski definition) is 0. The normalized spacial score (nSPS) is 18.5. The molecule has 0 saturated heterocycles. The van der Waals surface area contributed by atoms with Gasteiger partial charge in [-0.05, 0) is 0 Å². The van der Waals surface area contributed by atoms with E-state index >= 15 is 0 Å². The Balaban J connectivity index is 0.000000241. The molecule has 0 aliphatic heterocycles. The molecule has 0 atom stereocenters. The van der Waals surface area contributed by atoms with Gasteiger partial charge in [0.2, 0.25) is 0 Å². The fourth-order valence-corrected chi connectivity index (χ4v) is 29.5. The molecule has 6 heteroatoms. The first-order chi connectivity index (χ1) is 11.8. The Morgan fingerprint density at radius 3 is 0.885 bits per heavy atom. The van der Waals surface area contributed by atoms with Crippen LogP contribution >= 0.6 is 0 Å². The molecule has 4 aliphatic carbocycles. The molecule has 0 N–H and O–H groups in total. The molecule has 0 aromatic heterocycles. The van der Waals surface area contributed by atoms with Gasteiger partial charge in [0, 0.05) is 0 Å². The first kappa shape index (κ1) is 24.7. The summed E-state index contributed by atoms with van der Waals surface area (Å²) in [6, 6.07) is 0. The molecule has 0 spiro atoms. The fourth-order valence-electron chi connectivity index (χ4n) is 3.31. The van der Waals surface area contributed by atoms with Crippen molar-refractivity contribution in [2.45, 2.75) is 25.7 Å². The van der Waals surface area contributed by atoms with E-state index in [4.69, 9.17) is 0 Å². The summed E-state index contributed by atoms with van der Waals surface area (Å²) in [4.78, 5) is 0. The van der Waals surface area contributed by atoms with E-state index < -0.39 is 41.2 Å².